The van der Waals surface area contributed by atoms with Gasteiger partial charge in [-0.05, 0) is 32.9 Å². The number of halogens is 3. The van der Waals surface area contributed by atoms with E-state index in [1.807, 2.05) is 0 Å². The van der Waals surface area contributed by atoms with Gasteiger partial charge in [-0.1, -0.05) is 5.92 Å². The lowest BCUT2D eigenvalue weighted by Gasteiger charge is -2.17. The van der Waals surface area contributed by atoms with Gasteiger partial charge in [-0.25, -0.2) is 4.79 Å². The highest BCUT2D eigenvalue weighted by atomic mass is 19.4. The summed E-state index contributed by atoms with van der Waals surface area (Å²) < 4.78 is 31.7. The number of alkyl halides is 3. The Morgan fingerprint density at radius 2 is 1.81 bits per heavy atom. The molecular formula is C10H14F3NO2. The SMILES string of the molecule is C#CC(C)N1CCCC1.O=C(O)C(F)(F)F. The van der Waals surface area contributed by atoms with Gasteiger partial charge in [0, 0.05) is 0 Å². The first-order valence-electron chi connectivity index (χ1n) is 4.79. The highest BCUT2D eigenvalue weighted by molar-refractivity contribution is 5.73. The largest absolute Gasteiger partial charge is 0.490 e. The number of hydrogen-bond donors (Lipinski definition) is 1. The summed E-state index contributed by atoms with van der Waals surface area (Å²) >= 11 is 0. The second kappa shape index (κ2) is 6.38. The number of rotatable bonds is 1. The number of aliphatic carboxylic acids is 1. The molecule has 1 N–H and O–H groups in total. The standard InChI is InChI=1S/C8H13N.C2HF3O2/c1-3-8(2)9-6-4-5-7-9;3-2(4,5)1(6)7/h1,8H,4-7H2,2H3;(H,6,7). The lowest BCUT2D eigenvalue weighted by Crippen LogP contribution is -2.28. The van der Waals surface area contributed by atoms with E-state index in [1.165, 1.54) is 25.9 Å². The molecule has 1 unspecified atom stereocenters. The number of carboxylic acid groups (broad SMARTS) is 1. The second-order valence-corrected chi connectivity index (χ2v) is 3.39. The molecule has 0 bridgehead atoms. The average Bonchev–Trinajstić information content (AvgIpc) is 2.69. The summed E-state index contributed by atoms with van der Waals surface area (Å²) in [5.74, 6) is -0.0242. The first-order chi connectivity index (χ1) is 7.29. The monoisotopic (exact) mass is 237 g/mol. The molecule has 0 aliphatic carbocycles. The van der Waals surface area contributed by atoms with Crippen LogP contribution in [0, 0.1) is 12.3 Å². The van der Waals surface area contributed by atoms with E-state index in [0.717, 1.165) is 0 Å². The van der Waals surface area contributed by atoms with Crippen LogP contribution >= 0.6 is 0 Å². The van der Waals surface area contributed by atoms with Gasteiger partial charge in [0.2, 0.25) is 0 Å². The van der Waals surface area contributed by atoms with E-state index in [9.17, 15) is 13.2 Å². The van der Waals surface area contributed by atoms with Crippen LogP contribution in [0.4, 0.5) is 13.2 Å². The Morgan fingerprint density at radius 3 is 2.06 bits per heavy atom. The zero-order chi connectivity index (χ0) is 12.8. The predicted molar refractivity (Wildman–Crippen MR) is 52.8 cm³/mol. The van der Waals surface area contributed by atoms with Crippen molar-refractivity contribution in [3.8, 4) is 12.3 Å². The van der Waals surface area contributed by atoms with Gasteiger partial charge in [0.1, 0.15) is 0 Å². The number of nitrogens with zero attached hydrogens (tertiary/aromatic N) is 1. The predicted octanol–water partition coefficient (Wildman–Crippen LogP) is 1.74. The summed E-state index contributed by atoms with van der Waals surface area (Å²) in [5, 5.41) is 7.12. The molecule has 0 radical (unpaired) electrons. The molecule has 16 heavy (non-hydrogen) atoms. The van der Waals surface area contributed by atoms with Crippen LogP contribution < -0.4 is 0 Å². The number of terminal acetylenes is 1. The molecule has 6 heteroatoms. The van der Waals surface area contributed by atoms with E-state index in [2.05, 4.69) is 17.7 Å². The van der Waals surface area contributed by atoms with Gasteiger partial charge >= 0.3 is 12.1 Å². The van der Waals surface area contributed by atoms with Gasteiger partial charge in [-0.3, -0.25) is 4.90 Å². The smallest absolute Gasteiger partial charge is 0.475 e. The van der Waals surface area contributed by atoms with E-state index >= 15 is 0 Å². The van der Waals surface area contributed by atoms with Crippen molar-refractivity contribution in [2.45, 2.75) is 32.0 Å². The van der Waals surface area contributed by atoms with Crippen LogP contribution in [-0.4, -0.2) is 41.3 Å². The Labute approximate surface area is 92.2 Å². The molecule has 92 valence electrons. The van der Waals surface area contributed by atoms with Crippen LogP contribution in [0.2, 0.25) is 0 Å². The average molecular weight is 237 g/mol. The number of carbonyl (C=O) groups is 1. The van der Waals surface area contributed by atoms with E-state index < -0.39 is 12.1 Å². The highest BCUT2D eigenvalue weighted by Gasteiger charge is 2.38. The third kappa shape index (κ3) is 5.61. The van der Waals surface area contributed by atoms with Crippen LogP contribution in [0.3, 0.4) is 0 Å². The maximum absolute atomic E-state index is 10.6. The van der Waals surface area contributed by atoms with Gasteiger partial charge in [0.25, 0.3) is 0 Å². The van der Waals surface area contributed by atoms with Gasteiger partial charge in [0.05, 0.1) is 6.04 Å². The fourth-order valence-corrected chi connectivity index (χ4v) is 1.23. The van der Waals surface area contributed by atoms with E-state index in [0.29, 0.717) is 6.04 Å². The molecular weight excluding hydrogens is 223 g/mol. The molecule has 1 atom stereocenters. The van der Waals surface area contributed by atoms with Gasteiger partial charge in [-0.2, -0.15) is 13.2 Å². The van der Waals surface area contributed by atoms with Gasteiger partial charge < -0.3 is 5.11 Å². The third-order valence-corrected chi connectivity index (χ3v) is 2.17. The van der Waals surface area contributed by atoms with Crippen molar-refractivity contribution in [2.24, 2.45) is 0 Å². The number of likely N-dealkylation sites (tertiary alicyclic amines) is 1. The highest BCUT2D eigenvalue weighted by Crippen LogP contribution is 2.13. The minimum Gasteiger partial charge on any atom is -0.475 e. The van der Waals surface area contributed by atoms with Crippen LogP contribution in [-0.2, 0) is 4.79 Å². The van der Waals surface area contributed by atoms with Crippen LogP contribution in [0.15, 0.2) is 0 Å². The first-order valence-corrected chi connectivity index (χ1v) is 4.79. The fourth-order valence-electron chi connectivity index (χ4n) is 1.23. The molecule has 1 saturated heterocycles. The van der Waals surface area contributed by atoms with Gasteiger partial charge in [-0.15, -0.1) is 6.42 Å². The molecule has 0 saturated carbocycles. The number of carboxylic acids is 1. The second-order valence-electron chi connectivity index (χ2n) is 3.39. The molecule has 0 spiro atoms. The molecule has 0 aromatic rings. The summed E-state index contributed by atoms with van der Waals surface area (Å²) in [6, 6.07) is 0.354. The molecule has 1 fully saturated rings. The Hall–Kier alpha value is -1.22. The van der Waals surface area contributed by atoms with E-state index in [4.69, 9.17) is 16.3 Å². The maximum Gasteiger partial charge on any atom is 0.490 e. The lowest BCUT2D eigenvalue weighted by atomic mass is 10.3. The molecule has 0 aromatic heterocycles. The molecule has 0 amide bonds. The summed E-state index contributed by atoms with van der Waals surface area (Å²) in [6.07, 6.45) is 2.83. The molecule has 1 heterocycles. The molecule has 1 rings (SSSR count). The van der Waals surface area contributed by atoms with Crippen molar-refractivity contribution in [3.05, 3.63) is 0 Å². The Balaban J connectivity index is 0.000000293. The van der Waals surface area contributed by atoms with Crippen molar-refractivity contribution in [1.29, 1.82) is 0 Å². The van der Waals surface area contributed by atoms with Crippen LogP contribution in [0.1, 0.15) is 19.8 Å². The molecule has 0 aromatic carbocycles. The summed E-state index contributed by atoms with van der Waals surface area (Å²) in [4.78, 5) is 11.2. The molecule has 1 aliphatic heterocycles. The van der Waals surface area contributed by atoms with E-state index in [-0.39, 0.29) is 0 Å². The fraction of sp³-hybridized carbons (Fsp3) is 0.700. The Kier molecular flexibility index (Phi) is 5.89. The molecule has 3 nitrogen and oxygen atoms in total. The molecule has 1 aliphatic rings. The van der Waals surface area contributed by atoms with Crippen LogP contribution in [0.5, 0.6) is 0 Å². The van der Waals surface area contributed by atoms with E-state index in [1.54, 1.807) is 0 Å². The minimum atomic E-state index is -5.08. The Morgan fingerprint density at radius 1 is 1.44 bits per heavy atom. The summed E-state index contributed by atoms with van der Waals surface area (Å²) in [5.41, 5.74) is 0. The van der Waals surface area contributed by atoms with Crippen molar-refractivity contribution < 1.29 is 23.1 Å². The van der Waals surface area contributed by atoms with Crippen molar-refractivity contribution in [1.82, 2.24) is 4.90 Å². The van der Waals surface area contributed by atoms with Crippen molar-refractivity contribution in [3.63, 3.8) is 0 Å². The summed E-state index contributed by atoms with van der Waals surface area (Å²) in [6.45, 7) is 4.49. The quantitative estimate of drug-likeness (QED) is 0.706. The Bertz CT molecular complexity index is 264. The zero-order valence-corrected chi connectivity index (χ0v) is 8.92. The van der Waals surface area contributed by atoms with Crippen molar-refractivity contribution in [2.75, 3.05) is 13.1 Å². The first kappa shape index (κ1) is 14.8. The van der Waals surface area contributed by atoms with Crippen molar-refractivity contribution >= 4 is 5.97 Å². The third-order valence-electron chi connectivity index (χ3n) is 2.17. The summed E-state index contributed by atoms with van der Waals surface area (Å²) in [7, 11) is 0. The zero-order valence-electron chi connectivity index (χ0n) is 8.92. The van der Waals surface area contributed by atoms with Gasteiger partial charge in [0.15, 0.2) is 0 Å². The topological polar surface area (TPSA) is 40.5 Å². The normalized spacial score (nSPS) is 18.2. The lowest BCUT2D eigenvalue weighted by molar-refractivity contribution is -0.192. The number of hydrogen-bond acceptors (Lipinski definition) is 2. The minimum absolute atomic E-state index is 0.354. The van der Waals surface area contributed by atoms with Crippen LogP contribution in [0.25, 0.3) is 0 Å². The maximum atomic E-state index is 10.6.